The molecule has 1 aromatic heterocycles. The Morgan fingerprint density at radius 1 is 1.37 bits per heavy atom. The van der Waals surface area contributed by atoms with Crippen molar-refractivity contribution < 1.29 is 14.8 Å². The summed E-state index contributed by atoms with van der Waals surface area (Å²) in [5, 5.41) is 27.8. The minimum absolute atomic E-state index is 0.122. The molecule has 1 heterocycles. The molecule has 0 radical (unpaired) electrons. The summed E-state index contributed by atoms with van der Waals surface area (Å²) in [5.74, 6) is -0.602. The van der Waals surface area contributed by atoms with E-state index in [0.29, 0.717) is 5.13 Å². The summed E-state index contributed by atoms with van der Waals surface area (Å²) in [6, 6.07) is 10.6. The van der Waals surface area contributed by atoms with E-state index in [9.17, 15) is 20.0 Å². The second-order valence-corrected chi connectivity index (χ2v) is 6.62. The lowest BCUT2D eigenvalue weighted by Crippen LogP contribution is -2.34. The lowest BCUT2D eigenvalue weighted by atomic mass is 10.2. The van der Waals surface area contributed by atoms with Gasteiger partial charge in [0.15, 0.2) is 5.13 Å². The van der Waals surface area contributed by atoms with Gasteiger partial charge in [-0.2, -0.15) is 5.10 Å². The molecule has 1 amide bonds. The number of carbonyl (C=O) groups excluding carboxylic acids is 1. The number of fused-ring (bicyclic) bond motifs is 1. The van der Waals surface area contributed by atoms with E-state index in [-0.39, 0.29) is 17.0 Å². The van der Waals surface area contributed by atoms with Crippen molar-refractivity contribution in [2.24, 2.45) is 5.10 Å². The first-order valence-corrected chi connectivity index (χ1v) is 8.68. The van der Waals surface area contributed by atoms with Gasteiger partial charge in [0.05, 0.1) is 21.4 Å². The first-order valence-electron chi connectivity index (χ1n) is 7.86. The van der Waals surface area contributed by atoms with Gasteiger partial charge in [0.25, 0.3) is 11.6 Å². The monoisotopic (exact) mass is 385 g/mol. The normalized spacial score (nSPS) is 12.2. The maximum Gasteiger partial charge on any atom is 0.270 e. The number of nitro benzene ring substituents is 1. The number of thiazole rings is 1. The van der Waals surface area contributed by atoms with Crippen LogP contribution in [0.2, 0.25) is 0 Å². The van der Waals surface area contributed by atoms with E-state index >= 15 is 0 Å². The highest BCUT2D eigenvalue weighted by molar-refractivity contribution is 7.22. The average Bonchev–Trinajstić information content (AvgIpc) is 3.05. The number of nitrogens with zero attached hydrogens (tertiary/aromatic N) is 3. The lowest BCUT2D eigenvalue weighted by Gasteiger charge is -2.10. The third kappa shape index (κ3) is 4.36. The van der Waals surface area contributed by atoms with E-state index in [1.165, 1.54) is 23.5 Å². The van der Waals surface area contributed by atoms with E-state index < -0.39 is 16.9 Å². The SMILES string of the molecule is C[C@@H](Nc1nc2ccccc2s1)C(=O)N/N=C/c1cc([N+](=O)[O-])ccc1O. The predicted molar refractivity (Wildman–Crippen MR) is 103 cm³/mol. The van der Waals surface area contributed by atoms with Crippen LogP contribution < -0.4 is 10.7 Å². The van der Waals surface area contributed by atoms with Gasteiger partial charge in [-0.05, 0) is 25.1 Å². The van der Waals surface area contributed by atoms with Crippen molar-refractivity contribution in [2.75, 3.05) is 5.32 Å². The summed E-state index contributed by atoms with van der Waals surface area (Å²) >= 11 is 1.43. The number of phenolic OH excluding ortho intramolecular Hbond substituents is 1. The van der Waals surface area contributed by atoms with Crippen LogP contribution in [0, 0.1) is 10.1 Å². The van der Waals surface area contributed by atoms with E-state index in [4.69, 9.17) is 0 Å². The third-order valence-electron chi connectivity index (χ3n) is 3.63. The highest BCUT2D eigenvalue weighted by atomic mass is 32.1. The molecule has 3 aromatic rings. The number of non-ortho nitro benzene ring substituents is 1. The van der Waals surface area contributed by atoms with E-state index in [1.807, 2.05) is 24.3 Å². The zero-order valence-electron chi connectivity index (χ0n) is 14.1. The number of amides is 1. The number of aromatic nitrogens is 1. The van der Waals surface area contributed by atoms with E-state index in [1.54, 1.807) is 6.92 Å². The number of anilines is 1. The number of hydrogen-bond acceptors (Lipinski definition) is 8. The molecule has 27 heavy (non-hydrogen) atoms. The minimum atomic E-state index is -0.610. The maximum absolute atomic E-state index is 12.1. The number of benzene rings is 2. The molecule has 0 aliphatic rings. The molecular weight excluding hydrogens is 370 g/mol. The summed E-state index contributed by atoms with van der Waals surface area (Å²) in [4.78, 5) is 26.7. The van der Waals surface area contributed by atoms with Crippen LogP contribution in [-0.2, 0) is 4.79 Å². The molecule has 138 valence electrons. The van der Waals surface area contributed by atoms with Crippen LogP contribution in [-0.4, -0.2) is 33.2 Å². The van der Waals surface area contributed by atoms with Gasteiger partial charge >= 0.3 is 0 Å². The van der Waals surface area contributed by atoms with Crippen molar-refractivity contribution in [1.82, 2.24) is 10.4 Å². The first-order chi connectivity index (χ1) is 12.9. The van der Waals surface area contributed by atoms with Crippen molar-refractivity contribution in [3.05, 3.63) is 58.1 Å². The van der Waals surface area contributed by atoms with E-state index in [0.717, 1.165) is 22.5 Å². The Morgan fingerprint density at radius 2 is 2.15 bits per heavy atom. The van der Waals surface area contributed by atoms with Crippen molar-refractivity contribution in [1.29, 1.82) is 0 Å². The second kappa shape index (κ2) is 7.79. The number of nitrogens with one attached hydrogen (secondary N) is 2. The Labute approximate surface area is 157 Å². The lowest BCUT2D eigenvalue weighted by molar-refractivity contribution is -0.384. The molecule has 0 saturated heterocycles. The van der Waals surface area contributed by atoms with Crippen LogP contribution in [0.5, 0.6) is 5.75 Å². The highest BCUT2D eigenvalue weighted by Crippen LogP contribution is 2.25. The molecule has 2 aromatic carbocycles. The van der Waals surface area contributed by atoms with Gasteiger partial charge in [-0.3, -0.25) is 14.9 Å². The fraction of sp³-hybridized carbons (Fsp3) is 0.118. The number of nitro groups is 1. The summed E-state index contributed by atoms with van der Waals surface area (Å²) in [6.45, 7) is 1.65. The van der Waals surface area contributed by atoms with Crippen LogP contribution in [0.3, 0.4) is 0 Å². The fourth-order valence-corrected chi connectivity index (χ4v) is 3.16. The molecule has 0 aliphatic heterocycles. The number of carbonyl (C=O) groups is 1. The Hall–Kier alpha value is -3.53. The number of rotatable bonds is 6. The number of aromatic hydroxyl groups is 1. The molecule has 0 saturated carbocycles. The standard InChI is InChI=1S/C17H15N5O4S/c1-10(19-17-20-13-4-2-3-5-15(13)27-17)16(24)21-18-9-11-8-12(22(25)26)6-7-14(11)23/h2-10,23H,1H3,(H,19,20)(H,21,24)/b18-9+/t10-/m1/s1. The van der Waals surface area contributed by atoms with Gasteiger partial charge in [0.1, 0.15) is 11.8 Å². The third-order valence-corrected chi connectivity index (χ3v) is 4.60. The molecule has 3 rings (SSSR count). The minimum Gasteiger partial charge on any atom is -0.507 e. The molecule has 10 heteroatoms. The van der Waals surface area contributed by atoms with Crippen molar-refractivity contribution >= 4 is 44.5 Å². The number of hydrogen-bond donors (Lipinski definition) is 3. The van der Waals surface area contributed by atoms with Crippen LogP contribution in [0.4, 0.5) is 10.8 Å². The summed E-state index contributed by atoms with van der Waals surface area (Å²) in [5.41, 5.74) is 3.10. The van der Waals surface area contributed by atoms with Crippen LogP contribution >= 0.6 is 11.3 Å². The van der Waals surface area contributed by atoms with Crippen LogP contribution in [0.25, 0.3) is 10.2 Å². The van der Waals surface area contributed by atoms with Crippen LogP contribution in [0.1, 0.15) is 12.5 Å². The Kier molecular flexibility index (Phi) is 5.27. The van der Waals surface area contributed by atoms with Gasteiger partial charge in [-0.1, -0.05) is 23.5 Å². The topological polar surface area (TPSA) is 130 Å². The van der Waals surface area contributed by atoms with Gasteiger partial charge in [0, 0.05) is 17.7 Å². The number of phenols is 1. The molecule has 0 aliphatic carbocycles. The maximum atomic E-state index is 12.1. The van der Waals surface area contributed by atoms with Crippen molar-refractivity contribution in [2.45, 2.75) is 13.0 Å². The zero-order chi connectivity index (χ0) is 19.4. The molecule has 1 atom stereocenters. The molecular formula is C17H15N5O4S. The average molecular weight is 385 g/mol. The molecule has 9 nitrogen and oxygen atoms in total. The predicted octanol–water partition coefficient (Wildman–Crippen LogP) is 2.86. The van der Waals surface area contributed by atoms with Gasteiger partial charge in [-0.25, -0.2) is 10.4 Å². The number of para-hydroxylation sites is 1. The summed E-state index contributed by atoms with van der Waals surface area (Å²) < 4.78 is 1.01. The van der Waals surface area contributed by atoms with Crippen LogP contribution in [0.15, 0.2) is 47.6 Å². The quantitative estimate of drug-likeness (QED) is 0.340. The molecule has 0 spiro atoms. The molecule has 0 bridgehead atoms. The van der Waals surface area contributed by atoms with Gasteiger partial charge < -0.3 is 10.4 Å². The van der Waals surface area contributed by atoms with E-state index in [2.05, 4.69) is 20.8 Å². The second-order valence-electron chi connectivity index (χ2n) is 5.59. The molecule has 0 fully saturated rings. The summed E-state index contributed by atoms with van der Waals surface area (Å²) in [6.07, 6.45) is 1.14. The fourth-order valence-electron chi connectivity index (χ4n) is 2.21. The largest absolute Gasteiger partial charge is 0.507 e. The Morgan fingerprint density at radius 3 is 2.89 bits per heavy atom. The Balaban J connectivity index is 1.62. The molecule has 0 unspecified atom stereocenters. The first kappa shape index (κ1) is 18.3. The van der Waals surface area contributed by atoms with Crippen molar-refractivity contribution in [3.8, 4) is 5.75 Å². The zero-order valence-corrected chi connectivity index (χ0v) is 14.9. The van der Waals surface area contributed by atoms with Gasteiger partial charge in [-0.15, -0.1) is 0 Å². The van der Waals surface area contributed by atoms with Gasteiger partial charge in [0.2, 0.25) is 0 Å². The summed E-state index contributed by atoms with van der Waals surface area (Å²) in [7, 11) is 0. The highest BCUT2D eigenvalue weighted by Gasteiger charge is 2.14. The number of hydrazone groups is 1. The molecule has 3 N–H and O–H groups in total. The smallest absolute Gasteiger partial charge is 0.270 e. The Bertz CT molecular complexity index is 1000. The van der Waals surface area contributed by atoms with Crippen molar-refractivity contribution in [3.63, 3.8) is 0 Å².